The molecule has 0 saturated heterocycles. The fourth-order valence-corrected chi connectivity index (χ4v) is 5.27. The van der Waals surface area contributed by atoms with E-state index in [-0.39, 0.29) is 12.1 Å². The zero-order valence-corrected chi connectivity index (χ0v) is 23.4. The van der Waals surface area contributed by atoms with Crippen molar-refractivity contribution in [2.24, 2.45) is 0 Å². The fraction of sp³-hybridized carbons (Fsp3) is 0.152. The second-order valence-corrected chi connectivity index (χ2v) is 10.9. The van der Waals surface area contributed by atoms with E-state index in [4.69, 9.17) is 5.10 Å². The van der Waals surface area contributed by atoms with Crippen LogP contribution in [0.2, 0.25) is 0 Å². The van der Waals surface area contributed by atoms with E-state index >= 15 is 0 Å². The number of nitrogens with zero attached hydrogens (tertiary/aromatic N) is 4. The molecule has 1 aliphatic heterocycles. The van der Waals surface area contributed by atoms with Crippen LogP contribution in [0, 0.1) is 18.3 Å². The topological polar surface area (TPSA) is 79.0 Å². The minimum Gasteiger partial charge on any atom is -0.269 e. The largest absolute Gasteiger partial charge is 0.271 e. The Morgan fingerprint density at radius 2 is 1.62 bits per heavy atom. The van der Waals surface area contributed by atoms with E-state index < -0.39 is 11.8 Å². The molecule has 1 aliphatic rings. The molecule has 198 valence electrons. The number of rotatable bonds is 7. The van der Waals surface area contributed by atoms with E-state index in [9.17, 15) is 14.9 Å². The number of aryl methyl sites for hydroxylation is 1. The van der Waals surface area contributed by atoms with E-state index in [2.05, 4.69) is 19.1 Å². The number of aromatic nitrogens is 2. The molecule has 0 N–H and O–H groups in total. The van der Waals surface area contributed by atoms with Crippen molar-refractivity contribution in [1.29, 1.82) is 5.26 Å². The number of carbonyl (C=O) groups is 2. The molecular formula is C33H28N4O2S. The molecule has 7 heteroatoms. The molecule has 0 unspecified atom stereocenters. The molecule has 1 aromatic heterocycles. The van der Waals surface area contributed by atoms with Crippen LogP contribution < -0.4 is 0 Å². The number of hydrogen-bond donors (Lipinski definition) is 0. The number of nitriles is 1. The maximum atomic E-state index is 13.8. The normalized spacial score (nSPS) is 14.7. The summed E-state index contributed by atoms with van der Waals surface area (Å²) >= 11 is 1.76. The third-order valence-electron chi connectivity index (χ3n) is 6.79. The molecule has 0 fully saturated rings. The third-order valence-corrected chi connectivity index (χ3v) is 7.68. The highest BCUT2D eigenvalue weighted by Crippen LogP contribution is 2.32. The van der Waals surface area contributed by atoms with Crippen molar-refractivity contribution in [3.05, 3.63) is 118 Å². The van der Waals surface area contributed by atoms with Gasteiger partial charge in [0.05, 0.1) is 17.9 Å². The van der Waals surface area contributed by atoms with Gasteiger partial charge in [0.15, 0.2) is 0 Å². The number of benzene rings is 3. The summed E-state index contributed by atoms with van der Waals surface area (Å²) in [6.45, 7) is 5.83. The van der Waals surface area contributed by atoms with Gasteiger partial charge in [0.1, 0.15) is 11.6 Å². The Kier molecular flexibility index (Phi) is 7.81. The molecule has 0 saturated carbocycles. The molecule has 0 spiro atoms. The first-order chi connectivity index (χ1) is 19.4. The minimum absolute atomic E-state index is 0.0316. The van der Waals surface area contributed by atoms with Crippen molar-refractivity contribution in [3.63, 3.8) is 0 Å². The van der Waals surface area contributed by atoms with Crippen molar-refractivity contribution in [3.8, 4) is 23.0 Å². The first kappa shape index (κ1) is 26.9. The Morgan fingerprint density at radius 3 is 2.27 bits per heavy atom. The zero-order valence-electron chi connectivity index (χ0n) is 22.6. The lowest BCUT2D eigenvalue weighted by Gasteiger charge is -2.27. The first-order valence-corrected chi connectivity index (χ1v) is 14.0. The lowest BCUT2D eigenvalue weighted by molar-refractivity contribution is -0.141. The third kappa shape index (κ3) is 5.40. The number of thioether (sulfide) groups is 1. The first-order valence-electron chi connectivity index (χ1n) is 13.0. The van der Waals surface area contributed by atoms with Crippen molar-refractivity contribution < 1.29 is 9.59 Å². The molecule has 2 heterocycles. The van der Waals surface area contributed by atoms with E-state index in [1.807, 2.05) is 85.9 Å². The lowest BCUT2D eigenvalue weighted by Crippen LogP contribution is -2.42. The van der Waals surface area contributed by atoms with Crippen molar-refractivity contribution >= 4 is 29.7 Å². The van der Waals surface area contributed by atoms with Crippen LogP contribution in [0.4, 0.5) is 0 Å². The van der Waals surface area contributed by atoms with Crippen molar-refractivity contribution in [2.75, 3.05) is 5.75 Å². The van der Waals surface area contributed by atoms with Crippen LogP contribution in [0.5, 0.6) is 0 Å². The zero-order chi connectivity index (χ0) is 28.2. The number of hydrogen-bond acceptors (Lipinski definition) is 5. The van der Waals surface area contributed by atoms with Crippen LogP contribution in [0.15, 0.2) is 107 Å². The number of amides is 2. The van der Waals surface area contributed by atoms with Crippen LogP contribution >= 0.6 is 11.8 Å². The summed E-state index contributed by atoms with van der Waals surface area (Å²) in [5.74, 6) is -0.0337. The maximum absolute atomic E-state index is 13.8. The fourth-order valence-electron chi connectivity index (χ4n) is 4.61. The molecule has 2 amide bonds. The summed E-state index contributed by atoms with van der Waals surface area (Å²) in [6, 6.07) is 27.6. The van der Waals surface area contributed by atoms with Gasteiger partial charge in [-0.05, 0) is 61.1 Å². The predicted octanol–water partition coefficient (Wildman–Crippen LogP) is 6.75. The predicted molar refractivity (Wildman–Crippen MR) is 158 cm³/mol. The van der Waals surface area contributed by atoms with E-state index in [1.54, 1.807) is 29.4 Å². The summed E-state index contributed by atoms with van der Waals surface area (Å²) in [6.07, 6.45) is 3.62. The maximum Gasteiger partial charge on any atom is 0.271 e. The quantitative estimate of drug-likeness (QED) is 0.146. The summed E-state index contributed by atoms with van der Waals surface area (Å²) in [4.78, 5) is 29.3. The van der Waals surface area contributed by atoms with E-state index in [1.165, 1.54) is 4.90 Å². The highest BCUT2D eigenvalue weighted by Gasteiger charge is 2.35. The van der Waals surface area contributed by atoms with Crippen molar-refractivity contribution in [1.82, 2.24) is 14.7 Å². The Balaban J connectivity index is 1.62. The van der Waals surface area contributed by atoms with Crippen LogP contribution in [-0.2, 0) is 16.1 Å². The van der Waals surface area contributed by atoms with Gasteiger partial charge < -0.3 is 0 Å². The molecule has 0 radical (unpaired) electrons. The van der Waals surface area contributed by atoms with Crippen LogP contribution in [0.3, 0.4) is 0 Å². The average molecular weight is 545 g/mol. The van der Waals surface area contributed by atoms with Gasteiger partial charge in [-0.15, -0.1) is 11.8 Å². The molecule has 3 aromatic carbocycles. The number of imide groups is 1. The second-order valence-electron chi connectivity index (χ2n) is 9.52. The second kappa shape index (κ2) is 11.6. The Hall–Kier alpha value is -4.67. The number of para-hydroxylation sites is 1. The number of carbonyl (C=O) groups excluding carboxylic acids is 2. The van der Waals surface area contributed by atoms with Gasteiger partial charge >= 0.3 is 0 Å². The minimum atomic E-state index is -0.577. The van der Waals surface area contributed by atoms with Crippen LogP contribution in [0.25, 0.3) is 23.0 Å². The Labute approximate surface area is 238 Å². The van der Waals surface area contributed by atoms with Crippen molar-refractivity contribution in [2.45, 2.75) is 32.2 Å². The molecule has 6 nitrogen and oxygen atoms in total. The highest BCUT2D eigenvalue weighted by molar-refractivity contribution is 7.99. The van der Waals surface area contributed by atoms with Gasteiger partial charge in [0.2, 0.25) is 0 Å². The van der Waals surface area contributed by atoms with E-state index in [0.717, 1.165) is 33.0 Å². The summed E-state index contributed by atoms with van der Waals surface area (Å²) < 4.78 is 1.78. The summed E-state index contributed by atoms with van der Waals surface area (Å²) in [7, 11) is 0. The SMILES string of the molecule is CCSc1ccc(-c2nn(-c3ccccc3)cc2/C=C2/C(=O)N(Cc3ccc(C)cc3)C(=O)C(C#N)=C2C)cc1. The van der Waals surface area contributed by atoms with Crippen LogP contribution in [-0.4, -0.2) is 32.2 Å². The monoisotopic (exact) mass is 544 g/mol. The van der Waals surface area contributed by atoms with E-state index in [0.29, 0.717) is 22.4 Å². The van der Waals surface area contributed by atoms with Gasteiger partial charge in [-0.25, -0.2) is 4.68 Å². The highest BCUT2D eigenvalue weighted by atomic mass is 32.2. The molecular weight excluding hydrogens is 516 g/mol. The van der Waals surface area contributed by atoms with Gasteiger partial charge in [0, 0.05) is 27.8 Å². The molecule has 0 bridgehead atoms. The smallest absolute Gasteiger partial charge is 0.269 e. The summed E-state index contributed by atoms with van der Waals surface area (Å²) in [5.41, 5.74) is 5.72. The van der Waals surface area contributed by atoms with Gasteiger partial charge in [-0.3, -0.25) is 14.5 Å². The molecule has 5 rings (SSSR count). The molecule has 4 aromatic rings. The van der Waals surface area contributed by atoms with Gasteiger partial charge in [-0.1, -0.05) is 67.1 Å². The lowest BCUT2D eigenvalue weighted by atomic mass is 9.93. The standard InChI is InChI=1S/C33H28N4O2S/c1-4-40-28-16-14-25(15-17-28)31-26(21-37(35-31)27-8-6-5-7-9-27)18-29-23(3)30(19-34)33(39)36(32(29)38)20-24-12-10-22(2)11-13-24/h5-18,21H,4,20H2,1-3H3/b29-18+. The molecule has 0 aliphatic carbocycles. The average Bonchev–Trinajstić information content (AvgIpc) is 3.40. The molecule has 40 heavy (non-hydrogen) atoms. The van der Waals surface area contributed by atoms with Gasteiger partial charge in [0.25, 0.3) is 11.8 Å². The Bertz CT molecular complexity index is 1680. The molecule has 0 atom stereocenters. The van der Waals surface area contributed by atoms with Crippen LogP contribution in [0.1, 0.15) is 30.5 Å². The Morgan fingerprint density at radius 1 is 0.925 bits per heavy atom. The van der Waals surface area contributed by atoms with Gasteiger partial charge in [-0.2, -0.15) is 10.4 Å². The summed E-state index contributed by atoms with van der Waals surface area (Å²) in [5, 5.41) is 14.7.